The number of rotatable bonds is 7. The number of aryl methyl sites for hydroxylation is 3. The summed E-state index contributed by atoms with van der Waals surface area (Å²) in [6.07, 6.45) is 1.06. The Morgan fingerprint density at radius 1 is 1.33 bits per heavy atom. The summed E-state index contributed by atoms with van der Waals surface area (Å²) in [5.41, 5.74) is 6.12. The molecule has 1 aromatic carbocycles. The maximum atomic E-state index is 12.5. The minimum atomic E-state index is -0.261. The smallest absolute Gasteiger partial charge is 0.225 e. The second-order valence-electron chi connectivity index (χ2n) is 7.43. The van der Waals surface area contributed by atoms with Crippen LogP contribution >= 0.6 is 0 Å². The number of fused-ring (bicyclic) bond motifs is 1. The van der Waals surface area contributed by atoms with Gasteiger partial charge in [-0.3, -0.25) is 9.59 Å². The molecule has 2 N–H and O–H groups in total. The van der Waals surface area contributed by atoms with Crippen molar-refractivity contribution in [3.8, 4) is 0 Å². The maximum absolute atomic E-state index is 12.5. The highest BCUT2D eigenvalue weighted by Crippen LogP contribution is 2.27. The van der Waals surface area contributed by atoms with Crippen LogP contribution in [0, 0.1) is 26.7 Å². The Labute approximate surface area is 160 Å². The molecule has 27 heavy (non-hydrogen) atoms. The second-order valence-corrected chi connectivity index (χ2v) is 7.43. The van der Waals surface area contributed by atoms with Gasteiger partial charge in [-0.25, -0.2) is 0 Å². The number of carbonyl (C=O) groups is 2. The Hall–Kier alpha value is -2.34. The van der Waals surface area contributed by atoms with E-state index >= 15 is 0 Å². The lowest BCUT2D eigenvalue weighted by atomic mass is 10.0. The molecule has 1 unspecified atom stereocenters. The fourth-order valence-electron chi connectivity index (χ4n) is 3.84. The molecule has 2 amide bonds. The normalized spacial score (nSPS) is 17.1. The fraction of sp³-hybridized carbons (Fsp3) is 0.524. The number of aromatic nitrogens is 1. The maximum Gasteiger partial charge on any atom is 0.225 e. The molecule has 146 valence electrons. The minimum absolute atomic E-state index is 0.0329. The monoisotopic (exact) mass is 371 g/mol. The van der Waals surface area contributed by atoms with Crippen LogP contribution in [0.5, 0.6) is 0 Å². The van der Waals surface area contributed by atoms with Crippen molar-refractivity contribution in [1.29, 1.82) is 0 Å². The number of aromatic amines is 1. The van der Waals surface area contributed by atoms with Crippen LogP contribution in [0.3, 0.4) is 0 Å². The van der Waals surface area contributed by atoms with E-state index in [0.717, 1.165) is 12.1 Å². The van der Waals surface area contributed by atoms with E-state index < -0.39 is 0 Å². The first kappa shape index (κ1) is 19.4. The summed E-state index contributed by atoms with van der Waals surface area (Å²) in [6.45, 7) is 8.43. The number of hydrogen-bond acceptors (Lipinski definition) is 3. The Morgan fingerprint density at radius 2 is 2.11 bits per heavy atom. The topological polar surface area (TPSA) is 74.4 Å². The molecule has 1 saturated heterocycles. The summed E-state index contributed by atoms with van der Waals surface area (Å²) in [5, 5.41) is 4.24. The van der Waals surface area contributed by atoms with E-state index in [2.05, 4.69) is 43.2 Å². The number of hydrogen-bond donors (Lipinski definition) is 2. The molecule has 0 spiro atoms. The number of benzene rings is 1. The van der Waals surface area contributed by atoms with Gasteiger partial charge in [0.15, 0.2) is 0 Å². The van der Waals surface area contributed by atoms with Gasteiger partial charge in [-0.15, -0.1) is 0 Å². The van der Waals surface area contributed by atoms with Gasteiger partial charge in [0.1, 0.15) is 0 Å². The number of likely N-dealkylation sites (tertiary alicyclic amines) is 1. The van der Waals surface area contributed by atoms with E-state index in [1.807, 2.05) is 0 Å². The molecule has 0 saturated carbocycles. The molecule has 1 aromatic heterocycles. The molecule has 1 atom stereocenters. The van der Waals surface area contributed by atoms with E-state index in [9.17, 15) is 9.59 Å². The molecule has 6 heteroatoms. The van der Waals surface area contributed by atoms with E-state index in [0.29, 0.717) is 32.7 Å². The van der Waals surface area contributed by atoms with Crippen LogP contribution in [-0.2, 0) is 20.7 Å². The number of H-pyrrole nitrogens is 1. The minimum Gasteiger partial charge on any atom is -0.383 e. The van der Waals surface area contributed by atoms with Gasteiger partial charge in [0.05, 0.1) is 12.5 Å². The van der Waals surface area contributed by atoms with Crippen LogP contribution in [-0.4, -0.2) is 55.0 Å². The van der Waals surface area contributed by atoms with Crippen molar-refractivity contribution in [2.75, 3.05) is 33.4 Å². The molecule has 2 aromatic rings. The third-order valence-corrected chi connectivity index (χ3v) is 5.65. The van der Waals surface area contributed by atoms with Crippen molar-refractivity contribution < 1.29 is 14.3 Å². The number of carbonyl (C=O) groups excluding carboxylic acids is 2. The standard InChI is InChI=1S/C21H29N3O3/c1-13-5-6-18-17(15(3)23-20(18)14(13)2)7-8-22-21(26)16-11-19(25)24(12-16)9-10-27-4/h5-6,16,23H,7-12H2,1-4H3,(H,22,26). The average Bonchev–Trinajstić information content (AvgIpc) is 3.17. The molecule has 1 fully saturated rings. The fourth-order valence-corrected chi connectivity index (χ4v) is 3.84. The zero-order valence-corrected chi connectivity index (χ0v) is 16.6. The predicted molar refractivity (Wildman–Crippen MR) is 106 cm³/mol. The van der Waals surface area contributed by atoms with Crippen molar-refractivity contribution >= 4 is 22.7 Å². The molecular formula is C21H29N3O3. The Kier molecular flexibility index (Phi) is 5.85. The molecular weight excluding hydrogens is 342 g/mol. The van der Waals surface area contributed by atoms with Gasteiger partial charge in [0.2, 0.25) is 11.8 Å². The van der Waals surface area contributed by atoms with E-state index in [1.54, 1.807) is 12.0 Å². The van der Waals surface area contributed by atoms with Gasteiger partial charge in [0.25, 0.3) is 0 Å². The van der Waals surface area contributed by atoms with Crippen LogP contribution in [0.2, 0.25) is 0 Å². The molecule has 3 rings (SSSR count). The highest BCUT2D eigenvalue weighted by Gasteiger charge is 2.33. The summed E-state index contributed by atoms with van der Waals surface area (Å²) < 4.78 is 5.02. The van der Waals surface area contributed by atoms with Gasteiger partial charge in [-0.05, 0) is 43.9 Å². The molecule has 6 nitrogen and oxygen atoms in total. The van der Waals surface area contributed by atoms with Crippen molar-refractivity contribution in [3.63, 3.8) is 0 Å². The first-order valence-electron chi connectivity index (χ1n) is 9.54. The summed E-state index contributed by atoms with van der Waals surface area (Å²) in [6, 6.07) is 4.30. The second kappa shape index (κ2) is 8.13. The van der Waals surface area contributed by atoms with Gasteiger partial charge in [-0.1, -0.05) is 12.1 Å². The molecule has 0 aliphatic carbocycles. The highest BCUT2D eigenvalue weighted by atomic mass is 16.5. The molecule has 1 aliphatic rings. The van der Waals surface area contributed by atoms with Crippen molar-refractivity contribution in [2.24, 2.45) is 5.92 Å². The summed E-state index contributed by atoms with van der Waals surface area (Å²) in [4.78, 5) is 29.6. The number of ether oxygens (including phenoxy) is 1. The van der Waals surface area contributed by atoms with E-state index in [4.69, 9.17) is 4.74 Å². The van der Waals surface area contributed by atoms with E-state index in [-0.39, 0.29) is 17.7 Å². The van der Waals surface area contributed by atoms with Crippen molar-refractivity contribution in [3.05, 3.63) is 34.5 Å². The van der Waals surface area contributed by atoms with Crippen molar-refractivity contribution in [1.82, 2.24) is 15.2 Å². The lowest BCUT2D eigenvalue weighted by Crippen LogP contribution is -2.34. The number of nitrogens with zero attached hydrogens (tertiary/aromatic N) is 1. The average molecular weight is 371 g/mol. The Morgan fingerprint density at radius 3 is 2.85 bits per heavy atom. The van der Waals surface area contributed by atoms with E-state index in [1.165, 1.54) is 27.6 Å². The molecule has 0 radical (unpaired) electrons. The third-order valence-electron chi connectivity index (χ3n) is 5.65. The van der Waals surface area contributed by atoms with Gasteiger partial charge >= 0.3 is 0 Å². The zero-order valence-electron chi connectivity index (χ0n) is 16.6. The quantitative estimate of drug-likeness (QED) is 0.784. The first-order chi connectivity index (χ1) is 12.9. The van der Waals surface area contributed by atoms with Gasteiger partial charge < -0.3 is 19.9 Å². The lowest BCUT2D eigenvalue weighted by Gasteiger charge is -2.15. The van der Waals surface area contributed by atoms with Crippen molar-refractivity contribution in [2.45, 2.75) is 33.6 Å². The summed E-state index contributed by atoms with van der Waals surface area (Å²) >= 11 is 0. The first-order valence-corrected chi connectivity index (χ1v) is 9.54. The number of methoxy groups -OCH3 is 1. The highest BCUT2D eigenvalue weighted by molar-refractivity contribution is 5.90. The number of amides is 2. The van der Waals surface area contributed by atoms with Crippen LogP contribution in [0.15, 0.2) is 12.1 Å². The molecule has 1 aliphatic heterocycles. The largest absolute Gasteiger partial charge is 0.383 e. The van der Waals surface area contributed by atoms with Crippen LogP contribution in [0.1, 0.15) is 28.8 Å². The van der Waals surface area contributed by atoms with Gasteiger partial charge in [0, 0.05) is 49.8 Å². The molecule has 2 heterocycles. The predicted octanol–water partition coefficient (Wildman–Crippen LogP) is 2.25. The SMILES string of the molecule is COCCN1CC(C(=O)NCCc2c(C)[nH]c3c(C)c(C)ccc23)CC1=O. The summed E-state index contributed by atoms with van der Waals surface area (Å²) in [5.74, 6) is -0.262. The van der Waals surface area contributed by atoms with Gasteiger partial charge in [-0.2, -0.15) is 0 Å². The summed E-state index contributed by atoms with van der Waals surface area (Å²) in [7, 11) is 1.61. The Balaban J connectivity index is 1.58. The third kappa shape index (κ3) is 4.00. The van der Waals surface area contributed by atoms with Crippen LogP contribution in [0.4, 0.5) is 0 Å². The van der Waals surface area contributed by atoms with Crippen LogP contribution in [0.25, 0.3) is 10.9 Å². The Bertz CT molecular complexity index is 856. The zero-order chi connectivity index (χ0) is 19.6. The lowest BCUT2D eigenvalue weighted by molar-refractivity contribution is -0.129. The molecule has 0 bridgehead atoms. The number of nitrogens with one attached hydrogen (secondary N) is 2. The van der Waals surface area contributed by atoms with Crippen LogP contribution < -0.4 is 5.32 Å².